The third-order valence-corrected chi connectivity index (χ3v) is 4.98. The van der Waals surface area contributed by atoms with Crippen LogP contribution in [-0.2, 0) is 13.1 Å². The minimum atomic E-state index is 0.602. The van der Waals surface area contributed by atoms with E-state index in [0.29, 0.717) is 24.8 Å². The van der Waals surface area contributed by atoms with Gasteiger partial charge in [0.05, 0.1) is 19.4 Å². The third kappa shape index (κ3) is 5.70. The molecule has 0 unspecified atom stereocenters. The van der Waals surface area contributed by atoms with E-state index in [1.54, 1.807) is 13.3 Å². The Kier molecular flexibility index (Phi) is 7.63. The van der Waals surface area contributed by atoms with Gasteiger partial charge < -0.3 is 19.7 Å². The van der Waals surface area contributed by atoms with Gasteiger partial charge in [0.15, 0.2) is 5.11 Å². The van der Waals surface area contributed by atoms with Crippen molar-refractivity contribution in [2.75, 3.05) is 19.0 Å². The number of pyridine rings is 1. The third-order valence-electron chi connectivity index (χ3n) is 4.62. The summed E-state index contributed by atoms with van der Waals surface area (Å²) in [5.74, 6) is 1.63. The minimum absolute atomic E-state index is 0.602. The number of hydrogen-bond donors (Lipinski definition) is 1. The molecule has 2 aromatic carbocycles. The van der Waals surface area contributed by atoms with Gasteiger partial charge in [-0.15, -0.1) is 0 Å². The molecule has 0 saturated heterocycles. The van der Waals surface area contributed by atoms with Gasteiger partial charge in [0.2, 0.25) is 0 Å². The van der Waals surface area contributed by atoms with Gasteiger partial charge in [0.25, 0.3) is 0 Å². The second kappa shape index (κ2) is 10.6. The van der Waals surface area contributed by atoms with Crippen LogP contribution in [-0.4, -0.2) is 28.7 Å². The van der Waals surface area contributed by atoms with Crippen molar-refractivity contribution >= 4 is 23.0 Å². The molecule has 5 nitrogen and oxygen atoms in total. The van der Waals surface area contributed by atoms with Gasteiger partial charge in [-0.2, -0.15) is 0 Å². The molecule has 0 radical (unpaired) electrons. The topological polar surface area (TPSA) is 46.6 Å². The Morgan fingerprint density at radius 2 is 1.90 bits per heavy atom. The standard InChI is InChI=1S/C24H27N3O2S/c1-4-29-22-10-6-5-9-20(22)17-27(16-19-8-7-13-25-15-19)24(30)26-21-12-11-18(2)14-23(21)28-3/h5-15H,4,16-17H2,1-3H3,(H,26,30). The lowest BCUT2D eigenvalue weighted by Gasteiger charge is -2.27. The lowest BCUT2D eigenvalue weighted by molar-refractivity contribution is 0.327. The van der Waals surface area contributed by atoms with Gasteiger partial charge in [-0.25, -0.2) is 0 Å². The number of benzene rings is 2. The molecule has 0 fully saturated rings. The van der Waals surface area contributed by atoms with Crippen molar-refractivity contribution in [3.63, 3.8) is 0 Å². The van der Waals surface area contributed by atoms with Crippen LogP contribution in [0.5, 0.6) is 11.5 Å². The van der Waals surface area contributed by atoms with E-state index in [0.717, 1.165) is 33.9 Å². The SMILES string of the molecule is CCOc1ccccc1CN(Cc1cccnc1)C(=S)Nc1ccc(C)cc1OC. The summed E-state index contributed by atoms with van der Waals surface area (Å²) in [6.07, 6.45) is 3.63. The molecular formula is C24H27N3O2S. The smallest absolute Gasteiger partial charge is 0.174 e. The van der Waals surface area contributed by atoms with Crippen LogP contribution in [0.3, 0.4) is 0 Å². The van der Waals surface area contributed by atoms with Crippen LogP contribution in [0.15, 0.2) is 67.0 Å². The van der Waals surface area contributed by atoms with Gasteiger partial charge in [-0.1, -0.05) is 30.3 Å². The maximum atomic E-state index is 5.81. The molecule has 1 N–H and O–H groups in total. The highest BCUT2D eigenvalue weighted by molar-refractivity contribution is 7.80. The fraction of sp³-hybridized carbons (Fsp3) is 0.250. The summed E-state index contributed by atoms with van der Waals surface area (Å²) in [5.41, 5.74) is 4.11. The monoisotopic (exact) mass is 421 g/mol. The van der Waals surface area contributed by atoms with E-state index in [1.165, 1.54) is 0 Å². The Morgan fingerprint density at radius 1 is 1.07 bits per heavy atom. The first-order valence-corrected chi connectivity index (χ1v) is 10.3. The predicted molar refractivity (Wildman–Crippen MR) is 125 cm³/mol. The Bertz CT molecular complexity index is 979. The largest absolute Gasteiger partial charge is 0.495 e. The van der Waals surface area contributed by atoms with E-state index in [4.69, 9.17) is 21.7 Å². The number of methoxy groups -OCH3 is 1. The Morgan fingerprint density at radius 3 is 2.63 bits per heavy atom. The summed E-state index contributed by atoms with van der Waals surface area (Å²) in [5, 5.41) is 3.96. The highest BCUT2D eigenvalue weighted by Gasteiger charge is 2.16. The van der Waals surface area contributed by atoms with Gasteiger partial charge >= 0.3 is 0 Å². The first-order chi connectivity index (χ1) is 14.6. The number of rotatable bonds is 8. The van der Waals surface area contributed by atoms with Crippen LogP contribution in [0.1, 0.15) is 23.6 Å². The molecule has 0 saturated carbocycles. The molecule has 0 spiro atoms. The molecular weight excluding hydrogens is 394 g/mol. The van der Waals surface area contributed by atoms with E-state index in [9.17, 15) is 0 Å². The highest BCUT2D eigenvalue weighted by atomic mass is 32.1. The highest BCUT2D eigenvalue weighted by Crippen LogP contribution is 2.27. The molecule has 0 aliphatic heterocycles. The Labute approximate surface area is 183 Å². The maximum Gasteiger partial charge on any atom is 0.174 e. The summed E-state index contributed by atoms with van der Waals surface area (Å²) in [6.45, 7) is 5.85. The first-order valence-electron chi connectivity index (χ1n) is 9.91. The number of hydrogen-bond acceptors (Lipinski definition) is 4. The van der Waals surface area contributed by atoms with E-state index >= 15 is 0 Å². The van der Waals surface area contributed by atoms with Crippen LogP contribution in [0.4, 0.5) is 5.69 Å². The maximum absolute atomic E-state index is 5.81. The number of nitrogens with one attached hydrogen (secondary N) is 1. The van der Waals surface area contributed by atoms with Crippen molar-refractivity contribution < 1.29 is 9.47 Å². The lowest BCUT2D eigenvalue weighted by Crippen LogP contribution is -2.34. The van der Waals surface area contributed by atoms with Crippen LogP contribution in [0, 0.1) is 6.92 Å². The molecule has 156 valence electrons. The predicted octanol–water partition coefficient (Wildman–Crippen LogP) is 5.20. The summed E-state index contributed by atoms with van der Waals surface area (Å²) >= 11 is 5.80. The lowest BCUT2D eigenvalue weighted by atomic mass is 10.1. The van der Waals surface area contributed by atoms with E-state index in [2.05, 4.69) is 21.3 Å². The molecule has 0 aliphatic rings. The van der Waals surface area contributed by atoms with Crippen molar-refractivity contribution in [2.45, 2.75) is 26.9 Å². The number of nitrogens with zero attached hydrogens (tertiary/aromatic N) is 2. The van der Waals surface area contributed by atoms with Gasteiger partial charge in [-0.05, 0) is 61.5 Å². The van der Waals surface area contributed by atoms with E-state index < -0.39 is 0 Å². The molecule has 0 aliphatic carbocycles. The number of para-hydroxylation sites is 1. The van der Waals surface area contributed by atoms with Crippen LogP contribution in [0.2, 0.25) is 0 Å². The molecule has 1 aromatic heterocycles. The van der Waals surface area contributed by atoms with Gasteiger partial charge in [0, 0.05) is 31.0 Å². The van der Waals surface area contributed by atoms with Crippen LogP contribution in [0.25, 0.3) is 0 Å². The molecule has 1 heterocycles. The number of thiocarbonyl (C=S) groups is 1. The number of ether oxygens (including phenoxy) is 2. The molecule has 30 heavy (non-hydrogen) atoms. The van der Waals surface area contributed by atoms with Crippen molar-refractivity contribution in [3.8, 4) is 11.5 Å². The first kappa shape index (κ1) is 21.6. The van der Waals surface area contributed by atoms with E-state index in [-0.39, 0.29) is 0 Å². The summed E-state index contributed by atoms with van der Waals surface area (Å²) in [6, 6.07) is 18.0. The Hall–Kier alpha value is -3.12. The fourth-order valence-corrected chi connectivity index (χ4v) is 3.38. The summed E-state index contributed by atoms with van der Waals surface area (Å²) in [4.78, 5) is 6.34. The van der Waals surface area contributed by atoms with E-state index in [1.807, 2.05) is 68.6 Å². The average Bonchev–Trinajstić information content (AvgIpc) is 2.76. The Balaban J connectivity index is 1.86. The number of anilines is 1. The fourth-order valence-electron chi connectivity index (χ4n) is 3.14. The number of aromatic nitrogens is 1. The number of aryl methyl sites for hydroxylation is 1. The normalized spacial score (nSPS) is 10.4. The molecule has 3 aromatic rings. The summed E-state index contributed by atoms with van der Waals surface area (Å²) < 4.78 is 11.3. The minimum Gasteiger partial charge on any atom is -0.495 e. The molecule has 0 atom stereocenters. The van der Waals surface area contributed by atoms with Crippen LogP contribution < -0.4 is 14.8 Å². The van der Waals surface area contributed by atoms with Gasteiger partial charge in [0.1, 0.15) is 11.5 Å². The zero-order chi connectivity index (χ0) is 21.3. The quantitative estimate of drug-likeness (QED) is 0.505. The van der Waals surface area contributed by atoms with Crippen molar-refractivity contribution in [3.05, 3.63) is 83.7 Å². The van der Waals surface area contributed by atoms with Crippen molar-refractivity contribution in [1.29, 1.82) is 0 Å². The second-order valence-electron chi connectivity index (χ2n) is 6.89. The molecule has 6 heteroatoms. The second-order valence-corrected chi connectivity index (χ2v) is 7.28. The molecule has 3 rings (SSSR count). The van der Waals surface area contributed by atoms with Crippen molar-refractivity contribution in [2.24, 2.45) is 0 Å². The zero-order valence-corrected chi connectivity index (χ0v) is 18.4. The van der Waals surface area contributed by atoms with Crippen molar-refractivity contribution in [1.82, 2.24) is 9.88 Å². The zero-order valence-electron chi connectivity index (χ0n) is 17.6. The van der Waals surface area contributed by atoms with Gasteiger partial charge in [-0.3, -0.25) is 4.98 Å². The molecule has 0 amide bonds. The average molecular weight is 422 g/mol. The molecule has 0 bridgehead atoms. The summed E-state index contributed by atoms with van der Waals surface area (Å²) in [7, 11) is 1.66. The van der Waals surface area contributed by atoms with Crippen LogP contribution >= 0.6 is 12.2 Å².